The fourth-order valence-electron chi connectivity index (χ4n) is 1.01. The van der Waals surface area contributed by atoms with E-state index in [1.807, 2.05) is 32.0 Å². The van der Waals surface area contributed by atoms with Crippen LogP contribution in [0.15, 0.2) is 24.5 Å². The number of benzene rings is 1. The molecule has 0 saturated carbocycles. The first kappa shape index (κ1) is 7.99. The molecule has 1 heteroatoms. The molecule has 0 unspecified atom stereocenters. The van der Waals surface area contributed by atoms with Gasteiger partial charge in [-0.3, -0.25) is 0 Å². The minimum absolute atomic E-state index is 0.571. The Labute approximate surface area is 66.4 Å². The molecule has 0 aliphatic carbocycles. The van der Waals surface area contributed by atoms with Gasteiger partial charge in [-0.1, -0.05) is 23.8 Å². The normalized spacial score (nSPS) is 10.8. The van der Waals surface area contributed by atoms with Gasteiger partial charge >= 0.3 is 0 Å². The lowest BCUT2D eigenvalue weighted by molar-refractivity contribution is 0.727. The third kappa shape index (κ3) is 1.90. The second kappa shape index (κ2) is 3.33. The molecule has 0 aliphatic rings. The van der Waals surface area contributed by atoms with Crippen LogP contribution in [0.3, 0.4) is 0 Å². The molecular formula is C10H11F. The number of hydrogen-bond donors (Lipinski definition) is 0. The third-order valence-electron chi connectivity index (χ3n) is 1.68. The average Bonchev–Trinajstić information content (AvgIpc) is 1.98. The van der Waals surface area contributed by atoms with Crippen LogP contribution in [0.25, 0.3) is 6.08 Å². The molecule has 0 nitrogen and oxygen atoms in total. The summed E-state index contributed by atoms with van der Waals surface area (Å²) in [6.45, 7) is 3.96. The standard InChI is InChI=1S/C10H11F/c1-8-3-4-9(2)10(7-8)5-6-11/h3-7H,1-2H3. The van der Waals surface area contributed by atoms with Gasteiger partial charge in [0, 0.05) is 0 Å². The number of rotatable bonds is 1. The molecule has 0 atom stereocenters. The van der Waals surface area contributed by atoms with Crippen LogP contribution >= 0.6 is 0 Å². The molecule has 1 aromatic rings. The third-order valence-corrected chi connectivity index (χ3v) is 1.68. The van der Waals surface area contributed by atoms with Gasteiger partial charge in [0.25, 0.3) is 0 Å². The molecule has 1 aromatic carbocycles. The zero-order chi connectivity index (χ0) is 8.27. The van der Waals surface area contributed by atoms with E-state index >= 15 is 0 Å². The van der Waals surface area contributed by atoms with Crippen molar-refractivity contribution in [2.24, 2.45) is 0 Å². The Bertz CT molecular complexity index is 274. The van der Waals surface area contributed by atoms with Gasteiger partial charge in [-0.2, -0.15) is 0 Å². The molecular weight excluding hydrogens is 139 g/mol. The van der Waals surface area contributed by atoms with Crippen molar-refractivity contribution in [1.29, 1.82) is 0 Å². The van der Waals surface area contributed by atoms with Gasteiger partial charge in [0.1, 0.15) is 0 Å². The highest BCUT2D eigenvalue weighted by molar-refractivity contribution is 5.53. The Morgan fingerprint density at radius 3 is 2.64 bits per heavy atom. The first-order valence-corrected chi connectivity index (χ1v) is 3.58. The quantitative estimate of drug-likeness (QED) is 0.576. The summed E-state index contributed by atoms with van der Waals surface area (Å²) in [6, 6.07) is 5.97. The van der Waals surface area contributed by atoms with E-state index in [1.165, 1.54) is 6.08 Å². The Hall–Kier alpha value is -1.11. The molecule has 0 amide bonds. The van der Waals surface area contributed by atoms with Gasteiger partial charge in [-0.15, -0.1) is 0 Å². The van der Waals surface area contributed by atoms with Gasteiger partial charge < -0.3 is 0 Å². The van der Waals surface area contributed by atoms with Crippen LogP contribution in [0.5, 0.6) is 0 Å². The Morgan fingerprint density at radius 2 is 2.00 bits per heavy atom. The predicted molar refractivity (Wildman–Crippen MR) is 46.1 cm³/mol. The number of aryl methyl sites for hydroxylation is 2. The maximum absolute atomic E-state index is 11.8. The molecule has 11 heavy (non-hydrogen) atoms. The van der Waals surface area contributed by atoms with Crippen LogP contribution in [-0.4, -0.2) is 0 Å². The van der Waals surface area contributed by atoms with E-state index in [-0.39, 0.29) is 0 Å². The molecule has 58 valence electrons. The average molecular weight is 150 g/mol. The van der Waals surface area contributed by atoms with Crippen LogP contribution in [0.4, 0.5) is 4.39 Å². The molecule has 0 radical (unpaired) electrons. The first-order chi connectivity index (χ1) is 5.24. The Balaban J connectivity index is 3.12. The van der Waals surface area contributed by atoms with E-state index in [2.05, 4.69) is 0 Å². The molecule has 0 fully saturated rings. The van der Waals surface area contributed by atoms with Crippen molar-refractivity contribution in [2.45, 2.75) is 13.8 Å². The molecule has 0 saturated heterocycles. The summed E-state index contributed by atoms with van der Waals surface area (Å²) in [6.07, 6.45) is 2.05. The van der Waals surface area contributed by atoms with Crippen molar-refractivity contribution < 1.29 is 4.39 Å². The summed E-state index contributed by atoms with van der Waals surface area (Å²) in [4.78, 5) is 0. The van der Waals surface area contributed by atoms with Crippen molar-refractivity contribution >= 4 is 6.08 Å². The van der Waals surface area contributed by atoms with Crippen molar-refractivity contribution in [3.05, 3.63) is 41.2 Å². The van der Waals surface area contributed by atoms with E-state index in [0.29, 0.717) is 6.33 Å². The molecule has 0 N–H and O–H groups in total. The van der Waals surface area contributed by atoms with Gasteiger partial charge in [0.15, 0.2) is 0 Å². The SMILES string of the molecule is Cc1ccc(C)c(C=CF)c1. The highest BCUT2D eigenvalue weighted by atomic mass is 19.1. The van der Waals surface area contributed by atoms with Crippen molar-refractivity contribution in [3.63, 3.8) is 0 Å². The second-order valence-electron chi connectivity index (χ2n) is 2.65. The monoisotopic (exact) mass is 150 g/mol. The molecule has 0 heterocycles. The van der Waals surface area contributed by atoms with Crippen molar-refractivity contribution in [1.82, 2.24) is 0 Å². The molecule has 0 aromatic heterocycles. The first-order valence-electron chi connectivity index (χ1n) is 3.58. The Kier molecular flexibility index (Phi) is 2.42. The summed E-state index contributed by atoms with van der Waals surface area (Å²) in [5.41, 5.74) is 3.21. The second-order valence-corrected chi connectivity index (χ2v) is 2.65. The van der Waals surface area contributed by atoms with E-state index in [0.717, 1.165) is 16.7 Å². The van der Waals surface area contributed by atoms with Crippen LogP contribution in [0.1, 0.15) is 16.7 Å². The maximum atomic E-state index is 11.8. The number of hydrogen-bond acceptors (Lipinski definition) is 0. The summed E-state index contributed by atoms with van der Waals surface area (Å²) >= 11 is 0. The molecule has 1 rings (SSSR count). The van der Waals surface area contributed by atoms with Gasteiger partial charge in [-0.05, 0) is 31.1 Å². The minimum Gasteiger partial charge on any atom is -0.216 e. The van der Waals surface area contributed by atoms with Crippen LogP contribution < -0.4 is 0 Å². The lowest BCUT2D eigenvalue weighted by atomic mass is 10.1. The smallest absolute Gasteiger partial charge is 0.0872 e. The van der Waals surface area contributed by atoms with E-state index < -0.39 is 0 Å². The predicted octanol–water partition coefficient (Wildman–Crippen LogP) is 3.24. The van der Waals surface area contributed by atoms with Crippen molar-refractivity contribution in [2.75, 3.05) is 0 Å². The molecule has 0 spiro atoms. The van der Waals surface area contributed by atoms with Gasteiger partial charge in [0.2, 0.25) is 0 Å². The topological polar surface area (TPSA) is 0 Å². The van der Waals surface area contributed by atoms with Crippen LogP contribution in [-0.2, 0) is 0 Å². The zero-order valence-electron chi connectivity index (χ0n) is 6.76. The molecule has 0 bridgehead atoms. The fraction of sp³-hybridized carbons (Fsp3) is 0.200. The number of halogens is 1. The van der Waals surface area contributed by atoms with Crippen LogP contribution in [0.2, 0.25) is 0 Å². The molecule has 0 aliphatic heterocycles. The zero-order valence-corrected chi connectivity index (χ0v) is 6.76. The van der Waals surface area contributed by atoms with E-state index in [4.69, 9.17) is 0 Å². The fourth-order valence-corrected chi connectivity index (χ4v) is 1.01. The van der Waals surface area contributed by atoms with Gasteiger partial charge in [-0.25, -0.2) is 4.39 Å². The summed E-state index contributed by atoms with van der Waals surface area (Å²) in [5.74, 6) is 0. The highest BCUT2D eigenvalue weighted by Crippen LogP contribution is 2.11. The minimum atomic E-state index is 0.571. The largest absolute Gasteiger partial charge is 0.216 e. The van der Waals surface area contributed by atoms with Crippen molar-refractivity contribution in [3.8, 4) is 0 Å². The summed E-state index contributed by atoms with van der Waals surface area (Å²) < 4.78 is 11.8. The highest BCUT2D eigenvalue weighted by Gasteiger charge is 1.92. The van der Waals surface area contributed by atoms with Gasteiger partial charge in [0.05, 0.1) is 6.33 Å². The lowest BCUT2D eigenvalue weighted by Crippen LogP contribution is -1.80. The van der Waals surface area contributed by atoms with E-state index in [9.17, 15) is 4.39 Å². The lowest BCUT2D eigenvalue weighted by Gasteiger charge is -1.99. The Morgan fingerprint density at radius 1 is 1.27 bits per heavy atom. The van der Waals surface area contributed by atoms with E-state index in [1.54, 1.807) is 0 Å². The van der Waals surface area contributed by atoms with Crippen LogP contribution in [0, 0.1) is 13.8 Å². The summed E-state index contributed by atoms with van der Waals surface area (Å²) in [7, 11) is 0. The maximum Gasteiger partial charge on any atom is 0.0872 e. The summed E-state index contributed by atoms with van der Waals surface area (Å²) in [5, 5.41) is 0.